The Balaban J connectivity index is 2.89. The molecule has 0 radical (unpaired) electrons. The summed E-state index contributed by atoms with van der Waals surface area (Å²) in [5.74, 6) is 0.612. The Bertz CT molecular complexity index is 346. The van der Waals surface area contributed by atoms with Gasteiger partial charge in [-0.15, -0.1) is 0 Å². The number of pyridine rings is 1. The second-order valence-electron chi connectivity index (χ2n) is 4.64. The fourth-order valence-electron chi connectivity index (χ4n) is 0.988. The Kier molecular flexibility index (Phi) is 2.94. The molecule has 0 saturated carbocycles. The van der Waals surface area contributed by atoms with E-state index in [-0.39, 0.29) is 5.41 Å². The van der Waals surface area contributed by atoms with Crippen LogP contribution in [-0.4, -0.2) is 4.98 Å². The van der Waals surface area contributed by atoms with Crippen LogP contribution in [-0.2, 0) is 0 Å². The molecule has 0 amide bonds. The Morgan fingerprint density at radius 2 is 1.93 bits per heavy atom. The molecule has 1 rings (SSSR count). The van der Waals surface area contributed by atoms with Gasteiger partial charge >= 0.3 is 0 Å². The summed E-state index contributed by atoms with van der Waals surface area (Å²) in [6.45, 7) is 8.42. The van der Waals surface area contributed by atoms with Crippen LogP contribution in [0.3, 0.4) is 0 Å². The van der Waals surface area contributed by atoms with Crippen molar-refractivity contribution in [3.63, 3.8) is 0 Å². The summed E-state index contributed by atoms with van der Waals surface area (Å²) in [6.07, 6.45) is 4.14. The number of nitrogens with zero attached hydrogens (tertiary/aromatic N) is 1. The average Bonchev–Trinajstić information content (AvgIpc) is 2.06. The second kappa shape index (κ2) is 3.82. The molecule has 0 aliphatic carbocycles. The fraction of sp³-hybridized carbons (Fsp3) is 0.417. The molecule has 0 aromatic carbocycles. The molecule has 1 aromatic rings. The number of hydrogen-bond acceptors (Lipinski definition) is 2. The van der Waals surface area contributed by atoms with Gasteiger partial charge in [0.2, 0.25) is 0 Å². The third-order valence-electron chi connectivity index (χ3n) is 1.91. The SMILES string of the molecule is Cc1ccc(/C=C/C(C)(C)C)nc1N. The maximum atomic E-state index is 5.71. The van der Waals surface area contributed by atoms with Crippen molar-refractivity contribution in [1.29, 1.82) is 0 Å². The lowest BCUT2D eigenvalue weighted by molar-refractivity contribution is 0.547. The van der Waals surface area contributed by atoms with E-state index in [4.69, 9.17) is 5.73 Å². The van der Waals surface area contributed by atoms with Gasteiger partial charge < -0.3 is 5.73 Å². The number of nitrogens with two attached hydrogens (primary N) is 1. The molecule has 0 aliphatic rings. The van der Waals surface area contributed by atoms with Crippen LogP contribution in [0.5, 0.6) is 0 Å². The number of hydrogen-bond donors (Lipinski definition) is 1. The van der Waals surface area contributed by atoms with Crippen LogP contribution in [0.2, 0.25) is 0 Å². The van der Waals surface area contributed by atoms with Crippen LogP contribution in [0.4, 0.5) is 5.82 Å². The molecular weight excluding hydrogens is 172 g/mol. The van der Waals surface area contributed by atoms with Crippen LogP contribution in [0, 0.1) is 12.3 Å². The zero-order chi connectivity index (χ0) is 10.8. The van der Waals surface area contributed by atoms with Crippen molar-refractivity contribution >= 4 is 11.9 Å². The van der Waals surface area contributed by atoms with E-state index >= 15 is 0 Å². The van der Waals surface area contributed by atoms with Crippen LogP contribution < -0.4 is 5.73 Å². The highest BCUT2D eigenvalue weighted by atomic mass is 14.8. The maximum Gasteiger partial charge on any atom is 0.126 e. The minimum absolute atomic E-state index is 0.182. The van der Waals surface area contributed by atoms with Gasteiger partial charge in [0, 0.05) is 0 Å². The largest absolute Gasteiger partial charge is 0.383 e. The van der Waals surface area contributed by atoms with Gasteiger partial charge in [-0.05, 0) is 30.0 Å². The first-order valence-corrected chi connectivity index (χ1v) is 4.81. The highest BCUT2D eigenvalue weighted by Crippen LogP contribution is 2.17. The lowest BCUT2D eigenvalue weighted by Crippen LogP contribution is -1.99. The van der Waals surface area contributed by atoms with Crippen molar-refractivity contribution in [2.24, 2.45) is 5.41 Å². The number of aryl methyl sites for hydroxylation is 1. The molecule has 76 valence electrons. The van der Waals surface area contributed by atoms with Gasteiger partial charge in [0.15, 0.2) is 0 Å². The third kappa shape index (κ3) is 3.21. The Hall–Kier alpha value is -1.31. The molecule has 0 spiro atoms. The Labute approximate surface area is 85.9 Å². The molecule has 0 bridgehead atoms. The third-order valence-corrected chi connectivity index (χ3v) is 1.91. The molecule has 0 atom stereocenters. The summed E-state index contributed by atoms with van der Waals surface area (Å²) in [4.78, 5) is 4.27. The predicted octanol–water partition coefficient (Wildman–Crippen LogP) is 3.03. The molecule has 2 N–H and O–H groups in total. The van der Waals surface area contributed by atoms with Crippen molar-refractivity contribution in [2.45, 2.75) is 27.7 Å². The van der Waals surface area contributed by atoms with Gasteiger partial charge in [0.25, 0.3) is 0 Å². The first kappa shape index (κ1) is 10.8. The van der Waals surface area contributed by atoms with Gasteiger partial charge in [0.1, 0.15) is 5.82 Å². The number of nitrogen functional groups attached to an aromatic ring is 1. The first-order valence-electron chi connectivity index (χ1n) is 4.81. The van der Waals surface area contributed by atoms with E-state index in [1.54, 1.807) is 0 Å². The molecule has 1 aromatic heterocycles. The first-order chi connectivity index (χ1) is 6.38. The number of allylic oxidation sites excluding steroid dienone is 1. The quantitative estimate of drug-likeness (QED) is 0.739. The van der Waals surface area contributed by atoms with Crippen molar-refractivity contribution in [1.82, 2.24) is 4.98 Å². The second-order valence-corrected chi connectivity index (χ2v) is 4.64. The topological polar surface area (TPSA) is 38.9 Å². The minimum Gasteiger partial charge on any atom is -0.383 e. The van der Waals surface area contributed by atoms with Crippen molar-refractivity contribution < 1.29 is 0 Å². The number of anilines is 1. The molecule has 0 saturated heterocycles. The zero-order valence-electron chi connectivity index (χ0n) is 9.33. The number of aromatic nitrogens is 1. The van der Waals surface area contributed by atoms with Crippen LogP contribution in [0.25, 0.3) is 6.08 Å². The Morgan fingerprint density at radius 1 is 1.29 bits per heavy atom. The molecule has 0 fully saturated rings. The summed E-state index contributed by atoms with van der Waals surface area (Å²) >= 11 is 0. The fourth-order valence-corrected chi connectivity index (χ4v) is 0.988. The highest BCUT2D eigenvalue weighted by molar-refractivity contribution is 5.50. The van der Waals surface area contributed by atoms with Crippen LogP contribution in [0.15, 0.2) is 18.2 Å². The molecule has 2 nitrogen and oxygen atoms in total. The smallest absolute Gasteiger partial charge is 0.126 e. The maximum absolute atomic E-state index is 5.71. The van der Waals surface area contributed by atoms with E-state index < -0.39 is 0 Å². The molecule has 0 unspecified atom stereocenters. The zero-order valence-corrected chi connectivity index (χ0v) is 9.33. The van der Waals surface area contributed by atoms with Crippen LogP contribution >= 0.6 is 0 Å². The summed E-state index contributed by atoms with van der Waals surface area (Å²) in [5, 5.41) is 0. The standard InChI is InChI=1S/C12H18N2/c1-9-5-6-10(14-11(9)13)7-8-12(2,3)4/h5-8H,1-4H3,(H2,13,14)/b8-7+. The van der Waals surface area contributed by atoms with E-state index in [9.17, 15) is 0 Å². The highest BCUT2D eigenvalue weighted by Gasteiger charge is 2.04. The van der Waals surface area contributed by atoms with E-state index in [2.05, 4.69) is 31.8 Å². The Morgan fingerprint density at radius 3 is 2.43 bits per heavy atom. The molecular formula is C12H18N2. The molecule has 0 aliphatic heterocycles. The lowest BCUT2D eigenvalue weighted by atomic mass is 9.96. The lowest BCUT2D eigenvalue weighted by Gasteiger charge is -2.10. The summed E-state index contributed by atoms with van der Waals surface area (Å²) in [7, 11) is 0. The van der Waals surface area contributed by atoms with E-state index in [0.717, 1.165) is 11.3 Å². The van der Waals surface area contributed by atoms with Crippen molar-refractivity contribution in [3.05, 3.63) is 29.5 Å². The van der Waals surface area contributed by atoms with Gasteiger partial charge in [-0.3, -0.25) is 0 Å². The van der Waals surface area contributed by atoms with Crippen LogP contribution in [0.1, 0.15) is 32.0 Å². The minimum atomic E-state index is 0.182. The predicted molar refractivity (Wildman–Crippen MR) is 61.9 cm³/mol. The van der Waals surface area contributed by atoms with E-state index in [0.29, 0.717) is 5.82 Å². The van der Waals surface area contributed by atoms with Gasteiger partial charge in [-0.25, -0.2) is 4.98 Å². The van der Waals surface area contributed by atoms with Crippen molar-refractivity contribution in [2.75, 3.05) is 5.73 Å². The van der Waals surface area contributed by atoms with E-state index in [1.165, 1.54) is 0 Å². The summed E-state index contributed by atoms with van der Waals surface area (Å²) in [5.41, 5.74) is 7.84. The summed E-state index contributed by atoms with van der Waals surface area (Å²) in [6, 6.07) is 3.97. The van der Waals surface area contributed by atoms with E-state index in [1.807, 2.05) is 25.1 Å². The number of rotatable bonds is 1. The monoisotopic (exact) mass is 190 g/mol. The van der Waals surface area contributed by atoms with Gasteiger partial charge in [0.05, 0.1) is 5.69 Å². The van der Waals surface area contributed by atoms with Gasteiger partial charge in [-0.1, -0.05) is 32.9 Å². The van der Waals surface area contributed by atoms with Crippen molar-refractivity contribution in [3.8, 4) is 0 Å². The normalized spacial score (nSPS) is 12.3. The molecule has 1 heterocycles. The average molecular weight is 190 g/mol. The molecule has 14 heavy (non-hydrogen) atoms. The van der Waals surface area contributed by atoms with Gasteiger partial charge in [-0.2, -0.15) is 0 Å². The summed E-state index contributed by atoms with van der Waals surface area (Å²) < 4.78 is 0. The molecule has 2 heteroatoms.